The van der Waals surface area contributed by atoms with Crippen LogP contribution < -0.4 is 29.0 Å². The lowest BCUT2D eigenvalue weighted by Gasteiger charge is -2.57. The minimum atomic E-state index is -1.89. The van der Waals surface area contributed by atoms with Crippen LogP contribution in [0.15, 0.2) is 49.7 Å². The van der Waals surface area contributed by atoms with Crippen molar-refractivity contribution in [2.75, 3.05) is 52.7 Å². The summed E-state index contributed by atoms with van der Waals surface area (Å²) in [5, 5.41) is 13.6. The Labute approximate surface area is 367 Å². The van der Waals surface area contributed by atoms with Crippen molar-refractivity contribution in [1.82, 2.24) is 15.1 Å². The smallest absolute Gasteiger partial charge is 0.411 e. The Bertz CT molecular complexity index is 2160. The Kier molecular flexibility index (Phi) is 13.8. The van der Waals surface area contributed by atoms with E-state index in [-0.39, 0.29) is 45.4 Å². The van der Waals surface area contributed by atoms with Gasteiger partial charge in [-0.1, -0.05) is 72.8 Å². The molecule has 1 saturated heterocycles. The number of halogens is 3. The van der Waals surface area contributed by atoms with Gasteiger partial charge in [0.2, 0.25) is 10.6 Å². The van der Waals surface area contributed by atoms with Gasteiger partial charge in [0.05, 0.1) is 25.3 Å². The van der Waals surface area contributed by atoms with Crippen LogP contribution in [0.2, 0.25) is 0 Å². The van der Waals surface area contributed by atoms with Crippen LogP contribution in [0, 0.1) is 25.2 Å². The number of rotatable bonds is 15. The maximum atomic E-state index is 14.3. The van der Waals surface area contributed by atoms with E-state index in [2.05, 4.69) is 43.8 Å². The molecule has 6 rings (SSSR count). The third-order valence-electron chi connectivity index (χ3n) is 10.3. The molecule has 0 saturated carbocycles. The first-order chi connectivity index (χ1) is 28.7. The van der Waals surface area contributed by atoms with E-state index in [1.807, 2.05) is 30.9 Å². The Morgan fingerprint density at radius 3 is 2.37 bits per heavy atom. The zero-order valence-electron chi connectivity index (χ0n) is 33.0. The zero-order valence-corrected chi connectivity index (χ0v) is 36.1. The molecule has 320 valence electrons. The lowest BCUT2D eigenvalue weighted by molar-refractivity contribution is -0.147. The average molecular weight is 906 g/mol. The minimum absolute atomic E-state index is 0.0831. The van der Waals surface area contributed by atoms with Crippen LogP contribution in [-0.2, 0) is 25.4 Å². The number of alkyl carbamates (subject to hydrolysis) is 1. The second-order valence-electron chi connectivity index (χ2n) is 13.9. The van der Waals surface area contributed by atoms with Gasteiger partial charge in [0, 0.05) is 33.7 Å². The number of fused-ring (bicyclic) bond motifs is 9. The van der Waals surface area contributed by atoms with Crippen molar-refractivity contribution in [3.8, 4) is 34.8 Å². The molecule has 19 heteroatoms. The summed E-state index contributed by atoms with van der Waals surface area (Å²) < 4.78 is 45.1. The monoisotopic (exact) mass is 904 g/mol. The number of methoxy groups -OCH3 is 1. The molecule has 4 aliphatic heterocycles. The van der Waals surface area contributed by atoms with Crippen LogP contribution >= 0.6 is 47.4 Å². The summed E-state index contributed by atoms with van der Waals surface area (Å²) in [7, 11) is 1.53. The summed E-state index contributed by atoms with van der Waals surface area (Å²) >= 11 is 21.4. The second-order valence-corrected chi connectivity index (χ2v) is 16.7. The molecule has 4 aliphatic rings. The number of carbonyl (C=O) groups is 3. The molecule has 1 unspecified atom stereocenters. The fraction of sp³-hybridized carbons (Fsp3) is 0.415. The molecule has 60 heavy (non-hydrogen) atoms. The Morgan fingerprint density at radius 1 is 1.02 bits per heavy atom. The van der Waals surface area contributed by atoms with E-state index in [4.69, 9.17) is 72.7 Å². The number of carbonyl (C=O) groups excluding carboxylic acids is 3. The van der Waals surface area contributed by atoms with Crippen molar-refractivity contribution < 1.29 is 52.3 Å². The van der Waals surface area contributed by atoms with Crippen molar-refractivity contribution in [2.45, 2.75) is 54.3 Å². The largest absolute Gasteiger partial charge is 0.493 e. The van der Waals surface area contributed by atoms with E-state index in [0.29, 0.717) is 56.7 Å². The van der Waals surface area contributed by atoms with E-state index in [0.717, 1.165) is 11.1 Å². The van der Waals surface area contributed by atoms with Crippen LogP contribution in [0.4, 0.5) is 9.59 Å². The van der Waals surface area contributed by atoms with Crippen LogP contribution in [0.1, 0.15) is 45.5 Å². The standard InChI is InChI=1S/C41H43Cl3N4O11S/c1-7-10-53-30-14-23-13-26-28(16-45)47-27(33(31(23)21(4)35(30)52-6)48(26)40(51)55-12-9-3)15-24-32(37-36(58-20-59-37)22(5)34(24)54-11-8-2)29(47)17-56-38(49)25(18-60)46-39(50)57-19-41(42,43)44/h7-9,14-15,25-26,28-29,33,60H,1-3,10-13,17-20H2,4-6H3,(H,46,50)/t25-,26-,28?,29-,33-/m0/s1. The number of nitrogens with zero attached hydrogens (tertiary/aromatic N) is 3. The van der Waals surface area contributed by atoms with Gasteiger partial charge in [0.25, 0.3) is 0 Å². The fourth-order valence-corrected chi connectivity index (χ4v) is 8.46. The van der Waals surface area contributed by atoms with Crippen molar-refractivity contribution in [1.29, 1.82) is 5.26 Å². The maximum Gasteiger partial charge on any atom is 0.411 e. The van der Waals surface area contributed by atoms with E-state index in [1.54, 1.807) is 17.1 Å². The van der Waals surface area contributed by atoms with E-state index < -0.39 is 58.8 Å². The van der Waals surface area contributed by atoms with Gasteiger partial charge in [-0.15, -0.1) is 0 Å². The van der Waals surface area contributed by atoms with Gasteiger partial charge in [-0.05, 0) is 43.5 Å². The van der Waals surface area contributed by atoms with Crippen molar-refractivity contribution in [3.63, 3.8) is 0 Å². The number of nitriles is 1. The van der Waals surface area contributed by atoms with Crippen molar-refractivity contribution in [3.05, 3.63) is 83.1 Å². The summed E-state index contributed by atoms with van der Waals surface area (Å²) in [6, 6.07) is -0.705. The predicted octanol–water partition coefficient (Wildman–Crippen LogP) is 7.00. The molecule has 5 atom stereocenters. The molecule has 0 aliphatic carbocycles. The number of ether oxygens (including phenoxy) is 8. The molecule has 0 spiro atoms. The third-order valence-corrected chi connectivity index (χ3v) is 11.0. The highest BCUT2D eigenvalue weighted by Crippen LogP contribution is 2.59. The van der Waals surface area contributed by atoms with Gasteiger partial charge in [-0.25, -0.2) is 14.4 Å². The highest BCUT2D eigenvalue weighted by atomic mass is 35.6. The number of thiol groups is 1. The first-order valence-corrected chi connectivity index (χ1v) is 20.4. The molecule has 15 nitrogen and oxygen atoms in total. The van der Waals surface area contributed by atoms with Gasteiger partial charge in [-0.3, -0.25) is 4.90 Å². The number of benzene rings is 2. The number of nitrogens with one attached hydrogen (secondary N) is 1. The summed E-state index contributed by atoms with van der Waals surface area (Å²) in [5.41, 5.74) is 4.35. The third kappa shape index (κ3) is 8.45. The number of hydrogen-bond acceptors (Lipinski definition) is 14. The number of alkyl halides is 3. The Hall–Kier alpha value is -5.08. The predicted molar refractivity (Wildman–Crippen MR) is 225 cm³/mol. The summed E-state index contributed by atoms with van der Waals surface area (Å²) in [6.07, 6.45) is 4.99. The zero-order chi connectivity index (χ0) is 43.5. The molecular weight excluding hydrogens is 863 g/mol. The number of amides is 2. The summed E-state index contributed by atoms with van der Waals surface area (Å²) in [4.78, 5) is 44.0. The molecule has 2 aromatic rings. The SMILES string of the molecule is C=CCOC(=O)N1[C@H]2C3=Cc4c(OCC=C)c(C)c5c(c4[C@H](COC(=O)[C@H](CS)NC(=O)OCC(Cl)(Cl)Cl)N3C(C#N)[C@@H]1Cc1cc(OCC=C)c(OC)c(C)c12)OCO5. The number of piperazine rings is 1. The van der Waals surface area contributed by atoms with Gasteiger partial charge in [0.15, 0.2) is 23.0 Å². The normalized spacial score (nSPS) is 19.8. The molecule has 2 amide bonds. The highest BCUT2D eigenvalue weighted by Gasteiger charge is 2.56. The molecule has 2 aromatic carbocycles. The van der Waals surface area contributed by atoms with Crippen molar-refractivity contribution in [2.24, 2.45) is 0 Å². The summed E-state index contributed by atoms with van der Waals surface area (Å²) in [5.74, 6) is 1.03. The molecule has 0 radical (unpaired) electrons. The van der Waals surface area contributed by atoms with E-state index >= 15 is 0 Å². The quantitative estimate of drug-likeness (QED) is 0.0617. The van der Waals surface area contributed by atoms with Crippen LogP contribution in [0.3, 0.4) is 0 Å². The van der Waals surface area contributed by atoms with Crippen LogP contribution in [0.25, 0.3) is 6.08 Å². The van der Waals surface area contributed by atoms with E-state index in [1.165, 1.54) is 13.2 Å². The lowest BCUT2D eigenvalue weighted by atomic mass is 9.75. The topological polar surface area (TPSA) is 167 Å². The molecule has 1 N–H and O–H groups in total. The fourth-order valence-electron chi connectivity index (χ4n) is 8.06. The van der Waals surface area contributed by atoms with Gasteiger partial charge >= 0.3 is 18.2 Å². The molecule has 1 fully saturated rings. The van der Waals surface area contributed by atoms with Crippen LogP contribution in [-0.4, -0.2) is 103 Å². The average Bonchev–Trinajstić information content (AvgIpc) is 3.72. The molecule has 4 heterocycles. The van der Waals surface area contributed by atoms with E-state index in [9.17, 15) is 19.6 Å². The second kappa shape index (κ2) is 18.7. The first-order valence-electron chi connectivity index (χ1n) is 18.6. The van der Waals surface area contributed by atoms with Crippen LogP contribution in [0.5, 0.6) is 28.7 Å². The number of esters is 1. The summed E-state index contributed by atoms with van der Waals surface area (Å²) in [6.45, 7) is 14.1. The van der Waals surface area contributed by atoms with Gasteiger partial charge in [0.1, 0.15) is 56.9 Å². The maximum absolute atomic E-state index is 14.3. The molecule has 2 bridgehead atoms. The highest BCUT2D eigenvalue weighted by molar-refractivity contribution is 7.80. The van der Waals surface area contributed by atoms with Gasteiger partial charge in [-0.2, -0.15) is 17.9 Å². The van der Waals surface area contributed by atoms with Gasteiger partial charge < -0.3 is 48.1 Å². The lowest BCUT2D eigenvalue weighted by Crippen LogP contribution is -2.64. The number of hydrogen-bond donors (Lipinski definition) is 2. The molecular formula is C41H43Cl3N4O11S. The Morgan fingerprint density at radius 2 is 1.72 bits per heavy atom. The van der Waals surface area contributed by atoms with Crippen molar-refractivity contribution >= 4 is 71.7 Å². The first kappa shape index (κ1) is 44.5. The molecule has 0 aromatic heterocycles. The minimum Gasteiger partial charge on any atom is -0.493 e. The Balaban J connectivity index is 1.55.